The molecule has 5 rings (SSSR count). The zero-order chi connectivity index (χ0) is 35.3. The molecule has 4 aromatic rings. The van der Waals surface area contributed by atoms with Crippen LogP contribution in [0.4, 0.5) is 0 Å². The molecule has 262 valence electrons. The average molecular weight is 699 g/mol. The number of hydroxylamine groups is 1. The summed E-state index contributed by atoms with van der Waals surface area (Å²) in [6.07, 6.45) is 1.96. The molecule has 50 heavy (non-hydrogen) atoms. The van der Waals surface area contributed by atoms with Crippen molar-refractivity contribution in [2.75, 3.05) is 5.75 Å². The Morgan fingerprint density at radius 3 is 2.22 bits per heavy atom. The van der Waals surface area contributed by atoms with Gasteiger partial charge in [0.2, 0.25) is 11.8 Å². The molecule has 1 aliphatic rings. The van der Waals surface area contributed by atoms with Gasteiger partial charge in [0.1, 0.15) is 0 Å². The van der Waals surface area contributed by atoms with Gasteiger partial charge in [0, 0.05) is 42.0 Å². The summed E-state index contributed by atoms with van der Waals surface area (Å²) in [5, 5.41) is 30.8. The van der Waals surface area contributed by atoms with Gasteiger partial charge in [-0.05, 0) is 64.9 Å². The average Bonchev–Trinajstić information content (AvgIpc) is 3.16. The Balaban J connectivity index is 1.27. The number of aromatic carboxylic acids is 1. The fourth-order valence-corrected chi connectivity index (χ4v) is 6.86. The summed E-state index contributed by atoms with van der Waals surface area (Å²) in [5.41, 5.74) is 7.39. The highest BCUT2D eigenvalue weighted by atomic mass is 32.2. The molecule has 1 aliphatic heterocycles. The minimum Gasteiger partial charge on any atom is -0.478 e. The number of hydrogen-bond acceptors (Lipinski definition) is 8. The number of carboxylic acids is 1. The quantitative estimate of drug-likeness (QED) is 0.0362. The summed E-state index contributed by atoms with van der Waals surface area (Å²) < 4.78 is 13.1. The number of thioether (sulfide) groups is 1. The zero-order valence-electron chi connectivity index (χ0n) is 27.6. The van der Waals surface area contributed by atoms with Gasteiger partial charge in [-0.25, -0.2) is 10.3 Å². The van der Waals surface area contributed by atoms with Crippen molar-refractivity contribution < 1.29 is 39.3 Å². The van der Waals surface area contributed by atoms with Crippen LogP contribution in [0.25, 0.3) is 11.1 Å². The van der Waals surface area contributed by atoms with Gasteiger partial charge < -0.3 is 25.0 Å². The second-order valence-corrected chi connectivity index (χ2v) is 13.2. The van der Waals surface area contributed by atoms with Crippen molar-refractivity contribution in [3.8, 4) is 11.1 Å². The highest BCUT2D eigenvalue weighted by Gasteiger charge is 2.32. The van der Waals surface area contributed by atoms with Crippen LogP contribution in [0, 0.1) is 0 Å². The van der Waals surface area contributed by atoms with Crippen molar-refractivity contribution in [3.63, 3.8) is 0 Å². The van der Waals surface area contributed by atoms with Gasteiger partial charge in [-0.3, -0.25) is 14.8 Å². The Hall–Kier alpha value is -4.52. The largest absolute Gasteiger partial charge is 0.478 e. The summed E-state index contributed by atoms with van der Waals surface area (Å²) >= 11 is 1.45. The number of aliphatic hydroxyl groups is 1. The molecule has 2 amide bonds. The highest BCUT2D eigenvalue weighted by molar-refractivity contribution is 7.99. The molecule has 0 saturated carbocycles. The molecule has 3 atom stereocenters. The van der Waals surface area contributed by atoms with Gasteiger partial charge in [-0.2, -0.15) is 0 Å². The van der Waals surface area contributed by atoms with Gasteiger partial charge in [-0.15, -0.1) is 11.8 Å². The van der Waals surface area contributed by atoms with E-state index < -0.39 is 18.2 Å². The molecule has 0 unspecified atom stereocenters. The molecular formula is C39H42N2O8S. The molecule has 0 radical (unpaired) electrons. The number of aliphatic hydroxyl groups excluding tert-OH is 1. The minimum atomic E-state index is -0.969. The molecule has 0 aliphatic carbocycles. The summed E-state index contributed by atoms with van der Waals surface area (Å²) in [4.78, 5) is 36.0. The Morgan fingerprint density at radius 1 is 0.760 bits per heavy atom. The second-order valence-electron chi connectivity index (χ2n) is 12.2. The van der Waals surface area contributed by atoms with E-state index in [1.54, 1.807) is 17.6 Å². The lowest BCUT2D eigenvalue weighted by atomic mass is 9.99. The predicted molar refractivity (Wildman–Crippen MR) is 189 cm³/mol. The molecule has 1 heterocycles. The maximum Gasteiger partial charge on any atom is 0.336 e. The topological polar surface area (TPSA) is 154 Å². The first kappa shape index (κ1) is 36.8. The minimum absolute atomic E-state index is 0.0464. The van der Waals surface area contributed by atoms with E-state index in [1.165, 1.54) is 11.8 Å². The fourth-order valence-electron chi connectivity index (χ4n) is 5.79. The van der Waals surface area contributed by atoms with Crippen LogP contribution in [-0.4, -0.2) is 45.1 Å². The van der Waals surface area contributed by atoms with Crippen molar-refractivity contribution >= 4 is 29.5 Å². The van der Waals surface area contributed by atoms with E-state index in [9.17, 15) is 24.6 Å². The first-order valence-corrected chi connectivity index (χ1v) is 17.7. The fraction of sp³-hybridized carbons (Fsp3) is 0.308. The number of benzene rings is 4. The second kappa shape index (κ2) is 18.5. The third-order valence-electron chi connectivity index (χ3n) is 8.50. The maximum atomic E-state index is 12.4. The number of nitrogens with one attached hydrogen (secondary N) is 2. The Bertz CT molecular complexity index is 1750. The smallest absolute Gasteiger partial charge is 0.336 e. The summed E-state index contributed by atoms with van der Waals surface area (Å²) in [6, 6.07) is 30.6. The first-order chi connectivity index (χ1) is 24.3. The summed E-state index contributed by atoms with van der Waals surface area (Å²) in [6.45, 7) is 0.338. The molecule has 1 saturated heterocycles. The zero-order valence-corrected chi connectivity index (χ0v) is 28.4. The lowest BCUT2D eigenvalue weighted by Gasteiger charge is -2.36. The van der Waals surface area contributed by atoms with Crippen LogP contribution in [0.5, 0.6) is 0 Å². The summed E-state index contributed by atoms with van der Waals surface area (Å²) in [7, 11) is 0. The molecule has 0 spiro atoms. The van der Waals surface area contributed by atoms with Crippen molar-refractivity contribution in [1.29, 1.82) is 0 Å². The molecular weight excluding hydrogens is 657 g/mol. The highest BCUT2D eigenvalue weighted by Crippen LogP contribution is 2.40. The number of rotatable bonds is 16. The number of hydrogen-bond donors (Lipinski definition) is 5. The van der Waals surface area contributed by atoms with Gasteiger partial charge in [0.25, 0.3) is 0 Å². The van der Waals surface area contributed by atoms with Gasteiger partial charge in [0.05, 0.1) is 24.4 Å². The SMILES string of the molecule is O=C(CCCCCC(=O)NCc1cccc(-c2cccc([C@@H]3O[C@H](CSc4ccccc4C(=O)O)C[C@H](c4ccc(CO)cc4)O3)c2)c1)NO. The Kier molecular flexibility index (Phi) is 13.6. The molecule has 0 aromatic heterocycles. The van der Waals surface area contributed by atoms with E-state index in [0.29, 0.717) is 42.9 Å². The monoisotopic (exact) mass is 698 g/mol. The van der Waals surface area contributed by atoms with E-state index in [2.05, 4.69) is 5.32 Å². The van der Waals surface area contributed by atoms with Crippen molar-refractivity contribution in [3.05, 3.63) is 125 Å². The van der Waals surface area contributed by atoms with Crippen molar-refractivity contribution in [1.82, 2.24) is 10.8 Å². The van der Waals surface area contributed by atoms with Gasteiger partial charge in [0.15, 0.2) is 6.29 Å². The van der Waals surface area contributed by atoms with Crippen LogP contribution < -0.4 is 10.8 Å². The number of unbranched alkanes of at least 4 members (excludes halogenated alkanes) is 2. The van der Waals surface area contributed by atoms with Crippen LogP contribution in [0.3, 0.4) is 0 Å². The molecule has 4 aromatic carbocycles. The van der Waals surface area contributed by atoms with Crippen LogP contribution in [-0.2, 0) is 32.2 Å². The number of carbonyl (C=O) groups excluding carboxylic acids is 2. The van der Waals surface area contributed by atoms with Gasteiger partial charge in [-0.1, -0.05) is 79.2 Å². The van der Waals surface area contributed by atoms with Crippen LogP contribution in [0.2, 0.25) is 0 Å². The van der Waals surface area contributed by atoms with E-state index in [-0.39, 0.29) is 36.7 Å². The number of amides is 2. The number of ether oxygens (including phenoxy) is 2. The lowest BCUT2D eigenvalue weighted by Crippen LogP contribution is -2.31. The molecule has 1 fully saturated rings. The molecule has 5 N–H and O–H groups in total. The molecule has 11 heteroatoms. The van der Waals surface area contributed by atoms with E-state index >= 15 is 0 Å². The summed E-state index contributed by atoms with van der Waals surface area (Å²) in [5.74, 6) is -0.921. The Morgan fingerprint density at radius 2 is 1.48 bits per heavy atom. The van der Waals surface area contributed by atoms with E-state index in [1.807, 2.05) is 84.9 Å². The van der Waals surface area contributed by atoms with E-state index in [0.717, 1.165) is 39.8 Å². The van der Waals surface area contributed by atoms with Crippen molar-refractivity contribution in [2.24, 2.45) is 0 Å². The molecule has 0 bridgehead atoms. The van der Waals surface area contributed by atoms with Crippen molar-refractivity contribution in [2.45, 2.75) is 75.1 Å². The number of carboxylic acid groups (broad SMARTS) is 1. The lowest BCUT2D eigenvalue weighted by molar-refractivity contribution is -0.245. The third kappa shape index (κ3) is 10.5. The normalized spacial score (nSPS) is 17.2. The standard InChI is InChI=1S/C39H42N2O8S/c42-24-26-16-18-28(19-17-26)34-22-32(25-50-35-13-5-4-12-33(35)38(45)46)48-39(49-34)31-11-7-10-30(21-31)29-9-6-8-27(20-29)23-40-36(43)14-2-1-3-15-37(44)41-47/h4-13,16-21,32,34,39,42,47H,1-3,14-15,22-25H2,(H,40,43)(H,41,44)(H,45,46)/t32-,34+,39+/m0/s1. The first-order valence-electron chi connectivity index (χ1n) is 16.7. The van der Waals surface area contributed by atoms with Gasteiger partial charge >= 0.3 is 5.97 Å². The Labute approximate surface area is 295 Å². The van der Waals surface area contributed by atoms with Crippen LogP contribution >= 0.6 is 11.8 Å². The number of carbonyl (C=O) groups is 3. The maximum absolute atomic E-state index is 12.4. The third-order valence-corrected chi connectivity index (χ3v) is 9.70. The predicted octanol–water partition coefficient (Wildman–Crippen LogP) is 6.95. The van der Waals surface area contributed by atoms with Crippen LogP contribution in [0.15, 0.2) is 102 Å². The molecule has 10 nitrogen and oxygen atoms in total. The van der Waals surface area contributed by atoms with Crippen LogP contribution in [0.1, 0.15) is 83.5 Å². The van der Waals surface area contributed by atoms with E-state index in [4.69, 9.17) is 14.7 Å².